The average molecular weight is 242 g/mol. The molecule has 0 spiro atoms. The van der Waals surface area contributed by atoms with Gasteiger partial charge in [-0.3, -0.25) is 4.79 Å². The van der Waals surface area contributed by atoms with Gasteiger partial charge in [0, 0.05) is 16.0 Å². The molecule has 0 bridgehead atoms. The quantitative estimate of drug-likeness (QED) is 0.599. The van der Waals surface area contributed by atoms with E-state index in [1.54, 1.807) is 11.8 Å². The molecule has 2 aromatic carbocycles. The van der Waals surface area contributed by atoms with Gasteiger partial charge in [0.05, 0.1) is 0 Å². The van der Waals surface area contributed by atoms with E-state index in [0.29, 0.717) is 0 Å². The lowest BCUT2D eigenvalue weighted by Crippen LogP contribution is -2.01. The lowest BCUT2D eigenvalue weighted by molar-refractivity contribution is 0.103. The van der Waals surface area contributed by atoms with E-state index >= 15 is 0 Å². The molecule has 0 aromatic heterocycles. The number of carbonyl (C=O) groups is 1. The minimum Gasteiger partial charge on any atom is -0.289 e. The number of ketones is 1. The summed E-state index contributed by atoms with van der Waals surface area (Å²) in [6.45, 7) is 2.04. The van der Waals surface area contributed by atoms with Gasteiger partial charge in [-0.15, -0.1) is 11.8 Å². The topological polar surface area (TPSA) is 17.1 Å². The van der Waals surface area contributed by atoms with Crippen LogP contribution in [0.25, 0.3) is 0 Å². The van der Waals surface area contributed by atoms with E-state index in [0.717, 1.165) is 16.7 Å². The van der Waals surface area contributed by atoms with Crippen LogP contribution in [0.4, 0.5) is 0 Å². The average Bonchev–Trinajstić information content (AvgIpc) is 2.39. The summed E-state index contributed by atoms with van der Waals surface area (Å²) in [5, 5.41) is 0. The first-order valence-electron chi connectivity index (χ1n) is 5.47. The molecule has 0 aliphatic heterocycles. The molecule has 0 fully saturated rings. The Hall–Kier alpha value is -1.54. The summed E-state index contributed by atoms with van der Waals surface area (Å²) in [5.41, 5.74) is 2.65. The molecule has 2 heteroatoms. The van der Waals surface area contributed by atoms with E-state index in [1.165, 1.54) is 4.90 Å². The van der Waals surface area contributed by atoms with Gasteiger partial charge in [-0.2, -0.15) is 0 Å². The summed E-state index contributed by atoms with van der Waals surface area (Å²) < 4.78 is 0. The Kier molecular flexibility index (Phi) is 3.64. The fourth-order valence-electron chi connectivity index (χ4n) is 1.78. The third-order valence-corrected chi connectivity index (χ3v) is 3.59. The summed E-state index contributed by atoms with van der Waals surface area (Å²) in [4.78, 5) is 13.4. The van der Waals surface area contributed by atoms with Gasteiger partial charge in [0.25, 0.3) is 0 Å². The summed E-state index contributed by atoms with van der Waals surface area (Å²) in [6.07, 6.45) is 2.04. The molecular formula is C15H14OS. The molecule has 2 rings (SSSR count). The Morgan fingerprint density at radius 3 is 2.29 bits per heavy atom. The number of rotatable bonds is 3. The molecule has 0 heterocycles. The second-order valence-electron chi connectivity index (χ2n) is 3.88. The molecule has 0 aliphatic carbocycles. The summed E-state index contributed by atoms with van der Waals surface area (Å²) in [5.74, 6) is 0.0846. The highest BCUT2D eigenvalue weighted by molar-refractivity contribution is 7.98. The van der Waals surface area contributed by atoms with E-state index in [4.69, 9.17) is 0 Å². The molecule has 0 amide bonds. The van der Waals surface area contributed by atoms with Crippen molar-refractivity contribution in [2.75, 3.05) is 6.26 Å². The Balaban J connectivity index is 2.35. The van der Waals surface area contributed by atoms with Crippen molar-refractivity contribution >= 4 is 17.5 Å². The van der Waals surface area contributed by atoms with E-state index in [-0.39, 0.29) is 5.78 Å². The van der Waals surface area contributed by atoms with Gasteiger partial charge in [0.2, 0.25) is 0 Å². The fraction of sp³-hybridized carbons (Fsp3) is 0.133. The van der Waals surface area contributed by atoms with Crippen LogP contribution in [-0.4, -0.2) is 12.0 Å². The zero-order chi connectivity index (χ0) is 12.3. The first-order valence-corrected chi connectivity index (χ1v) is 6.69. The van der Waals surface area contributed by atoms with Gasteiger partial charge in [-0.05, 0) is 36.9 Å². The molecule has 0 saturated carbocycles. The number of thioether (sulfide) groups is 1. The maximum atomic E-state index is 12.2. The van der Waals surface area contributed by atoms with Crippen LogP contribution in [0, 0.1) is 6.92 Å². The fourth-order valence-corrected chi connectivity index (χ4v) is 2.36. The third-order valence-electron chi connectivity index (χ3n) is 2.69. The molecule has 0 radical (unpaired) electrons. The Morgan fingerprint density at radius 2 is 1.71 bits per heavy atom. The second kappa shape index (κ2) is 5.19. The first-order chi connectivity index (χ1) is 8.22. The van der Waals surface area contributed by atoms with Crippen molar-refractivity contribution in [3.63, 3.8) is 0 Å². The molecule has 1 nitrogen and oxygen atoms in total. The van der Waals surface area contributed by atoms with Crippen molar-refractivity contribution in [3.05, 3.63) is 65.2 Å². The molecule has 2 aromatic rings. The van der Waals surface area contributed by atoms with Gasteiger partial charge in [0.1, 0.15) is 0 Å². The molecule has 0 aliphatic rings. The smallest absolute Gasteiger partial charge is 0.193 e. The lowest BCUT2D eigenvalue weighted by Gasteiger charge is -2.05. The molecule has 0 saturated heterocycles. The van der Waals surface area contributed by atoms with Gasteiger partial charge in [-0.1, -0.05) is 30.3 Å². The number of hydrogen-bond acceptors (Lipinski definition) is 2. The predicted molar refractivity (Wildman–Crippen MR) is 72.8 cm³/mol. The highest BCUT2D eigenvalue weighted by Gasteiger charge is 2.09. The molecule has 0 atom stereocenters. The minimum atomic E-state index is 0.0846. The summed E-state index contributed by atoms with van der Waals surface area (Å²) in [6, 6.07) is 15.2. The number of benzene rings is 2. The summed E-state index contributed by atoms with van der Waals surface area (Å²) >= 11 is 1.70. The largest absolute Gasteiger partial charge is 0.289 e. The van der Waals surface area contributed by atoms with E-state index in [1.807, 2.05) is 61.7 Å². The molecule has 17 heavy (non-hydrogen) atoms. The Bertz CT molecular complexity index is 532. The SMILES string of the molecule is CSc1ccc(C(=O)c2ccccc2)cc1C. The van der Waals surface area contributed by atoms with Crippen molar-refractivity contribution in [1.29, 1.82) is 0 Å². The maximum absolute atomic E-state index is 12.2. The second-order valence-corrected chi connectivity index (χ2v) is 4.73. The van der Waals surface area contributed by atoms with Crippen LogP contribution in [0.2, 0.25) is 0 Å². The summed E-state index contributed by atoms with van der Waals surface area (Å²) in [7, 11) is 0. The van der Waals surface area contributed by atoms with Crippen LogP contribution >= 0.6 is 11.8 Å². The Morgan fingerprint density at radius 1 is 1.00 bits per heavy atom. The zero-order valence-corrected chi connectivity index (χ0v) is 10.8. The monoisotopic (exact) mass is 242 g/mol. The van der Waals surface area contributed by atoms with Crippen molar-refractivity contribution in [3.8, 4) is 0 Å². The van der Waals surface area contributed by atoms with Crippen molar-refractivity contribution in [2.24, 2.45) is 0 Å². The number of carbonyl (C=O) groups excluding carboxylic acids is 1. The Labute approximate surface area is 106 Å². The maximum Gasteiger partial charge on any atom is 0.193 e. The normalized spacial score (nSPS) is 10.2. The highest BCUT2D eigenvalue weighted by Crippen LogP contribution is 2.21. The van der Waals surface area contributed by atoms with Crippen LogP contribution in [-0.2, 0) is 0 Å². The van der Waals surface area contributed by atoms with Crippen LogP contribution in [0.5, 0.6) is 0 Å². The van der Waals surface area contributed by atoms with Gasteiger partial charge in [-0.25, -0.2) is 0 Å². The van der Waals surface area contributed by atoms with Crippen LogP contribution in [0.1, 0.15) is 21.5 Å². The van der Waals surface area contributed by atoms with E-state index in [2.05, 4.69) is 0 Å². The zero-order valence-electron chi connectivity index (χ0n) is 9.94. The number of hydrogen-bond donors (Lipinski definition) is 0. The van der Waals surface area contributed by atoms with Crippen LogP contribution in [0.15, 0.2) is 53.4 Å². The minimum absolute atomic E-state index is 0.0846. The first kappa shape index (κ1) is 11.9. The van der Waals surface area contributed by atoms with Gasteiger partial charge >= 0.3 is 0 Å². The third kappa shape index (κ3) is 2.59. The van der Waals surface area contributed by atoms with Crippen molar-refractivity contribution < 1.29 is 4.79 Å². The van der Waals surface area contributed by atoms with Gasteiger partial charge < -0.3 is 0 Å². The number of aryl methyl sites for hydroxylation is 1. The van der Waals surface area contributed by atoms with Crippen LogP contribution in [0.3, 0.4) is 0 Å². The molecule has 0 N–H and O–H groups in total. The molecular weight excluding hydrogens is 228 g/mol. The predicted octanol–water partition coefficient (Wildman–Crippen LogP) is 3.95. The van der Waals surface area contributed by atoms with Crippen LogP contribution < -0.4 is 0 Å². The molecule has 86 valence electrons. The lowest BCUT2D eigenvalue weighted by atomic mass is 10.0. The van der Waals surface area contributed by atoms with E-state index < -0.39 is 0 Å². The van der Waals surface area contributed by atoms with E-state index in [9.17, 15) is 4.79 Å². The molecule has 0 unspecified atom stereocenters. The van der Waals surface area contributed by atoms with Crippen molar-refractivity contribution in [2.45, 2.75) is 11.8 Å². The standard InChI is InChI=1S/C15H14OS/c1-11-10-13(8-9-14(11)17-2)15(16)12-6-4-3-5-7-12/h3-10H,1-2H3. The van der Waals surface area contributed by atoms with Crippen molar-refractivity contribution in [1.82, 2.24) is 0 Å². The van der Waals surface area contributed by atoms with Gasteiger partial charge in [0.15, 0.2) is 5.78 Å². The highest BCUT2D eigenvalue weighted by atomic mass is 32.2.